The van der Waals surface area contributed by atoms with Crippen LogP contribution in [0.5, 0.6) is 5.75 Å². The molecule has 1 saturated heterocycles. The number of ether oxygens (including phenoxy) is 1. The monoisotopic (exact) mass is 310 g/mol. The lowest BCUT2D eigenvalue weighted by atomic mass is 9.79. The van der Waals surface area contributed by atoms with E-state index in [0.717, 1.165) is 24.1 Å². The van der Waals surface area contributed by atoms with Gasteiger partial charge in [-0.25, -0.2) is 0 Å². The molecule has 1 aromatic carbocycles. The molecule has 0 aliphatic carbocycles. The van der Waals surface area contributed by atoms with Crippen molar-refractivity contribution in [1.82, 2.24) is 0 Å². The first-order valence-electron chi connectivity index (χ1n) is 7.54. The van der Waals surface area contributed by atoms with Gasteiger partial charge < -0.3 is 14.0 Å². The summed E-state index contributed by atoms with van der Waals surface area (Å²) in [5.74, 6) is 0.765. The van der Waals surface area contributed by atoms with Gasteiger partial charge in [-0.05, 0) is 57.8 Å². The Kier molecular flexibility index (Phi) is 4.91. The zero-order valence-electron chi connectivity index (χ0n) is 13.5. The van der Waals surface area contributed by atoms with Crippen LogP contribution in [0.25, 0.3) is 0 Å². The van der Waals surface area contributed by atoms with Gasteiger partial charge in [0.05, 0.1) is 17.8 Å². The third kappa shape index (κ3) is 3.74. The predicted octanol–water partition coefficient (Wildman–Crippen LogP) is 3.82. The minimum atomic E-state index is -0.415. The molecule has 0 saturated carbocycles. The molecule has 5 heteroatoms. The second kappa shape index (κ2) is 6.19. The average Bonchev–Trinajstić information content (AvgIpc) is 2.58. The fourth-order valence-corrected chi connectivity index (χ4v) is 2.35. The van der Waals surface area contributed by atoms with Crippen molar-refractivity contribution >= 4 is 24.2 Å². The summed E-state index contributed by atoms with van der Waals surface area (Å²) in [7, 11) is -0.415. The molecule has 116 valence electrons. The summed E-state index contributed by atoms with van der Waals surface area (Å²) in [4.78, 5) is 0. The molecule has 1 aromatic rings. The van der Waals surface area contributed by atoms with Crippen molar-refractivity contribution in [1.29, 1.82) is 0 Å². The number of halogens is 1. The highest BCUT2D eigenvalue weighted by molar-refractivity contribution is 6.62. The maximum absolute atomic E-state index is 6.19. The smallest absolute Gasteiger partial charge is 0.494 e. The summed E-state index contributed by atoms with van der Waals surface area (Å²) in [6.07, 6.45) is 2.13. The molecule has 2 rings (SSSR count). The summed E-state index contributed by atoms with van der Waals surface area (Å²) >= 11 is 6.19. The van der Waals surface area contributed by atoms with Gasteiger partial charge in [0, 0.05) is 5.02 Å². The Balaban J connectivity index is 2.17. The molecule has 0 spiro atoms. The largest absolute Gasteiger partial charge is 0.495 e. The van der Waals surface area contributed by atoms with E-state index < -0.39 is 7.12 Å². The lowest BCUT2D eigenvalue weighted by molar-refractivity contribution is 0.00578. The van der Waals surface area contributed by atoms with Crippen LogP contribution < -0.4 is 10.2 Å². The summed E-state index contributed by atoms with van der Waals surface area (Å²) in [5.41, 5.74) is 0.180. The van der Waals surface area contributed by atoms with Crippen molar-refractivity contribution < 1.29 is 14.0 Å². The molecule has 0 unspecified atom stereocenters. The molecule has 1 aliphatic rings. The van der Waals surface area contributed by atoms with Crippen LogP contribution in [-0.2, 0) is 9.31 Å². The Morgan fingerprint density at radius 2 is 1.71 bits per heavy atom. The van der Waals surface area contributed by atoms with Gasteiger partial charge in [-0.2, -0.15) is 0 Å². The highest BCUT2D eigenvalue weighted by atomic mass is 35.5. The molecule has 0 bridgehead atoms. The van der Waals surface area contributed by atoms with E-state index in [1.165, 1.54) is 0 Å². The van der Waals surface area contributed by atoms with Gasteiger partial charge in [-0.3, -0.25) is 0 Å². The minimum Gasteiger partial charge on any atom is -0.494 e. The predicted molar refractivity (Wildman–Crippen MR) is 87.6 cm³/mol. The Hall–Kier alpha value is -0.705. The van der Waals surface area contributed by atoms with Gasteiger partial charge in [0.2, 0.25) is 0 Å². The van der Waals surface area contributed by atoms with Crippen molar-refractivity contribution in [2.75, 3.05) is 6.61 Å². The van der Waals surface area contributed by atoms with Crippen LogP contribution in [0.4, 0.5) is 0 Å². The van der Waals surface area contributed by atoms with E-state index in [-0.39, 0.29) is 11.2 Å². The highest BCUT2D eigenvalue weighted by Gasteiger charge is 2.51. The van der Waals surface area contributed by atoms with E-state index >= 15 is 0 Å². The topological polar surface area (TPSA) is 27.7 Å². The van der Waals surface area contributed by atoms with Crippen LogP contribution in [0.15, 0.2) is 18.2 Å². The molecule has 1 heterocycles. The number of hydrogen-bond donors (Lipinski definition) is 0. The van der Waals surface area contributed by atoms with Gasteiger partial charge in [0.15, 0.2) is 0 Å². The summed E-state index contributed by atoms with van der Waals surface area (Å²) in [5, 5.41) is 0.633. The highest BCUT2D eigenvalue weighted by Crippen LogP contribution is 2.36. The van der Waals surface area contributed by atoms with E-state index in [4.69, 9.17) is 25.6 Å². The van der Waals surface area contributed by atoms with Crippen molar-refractivity contribution in [2.24, 2.45) is 0 Å². The molecule has 1 fully saturated rings. The van der Waals surface area contributed by atoms with Crippen molar-refractivity contribution in [3.8, 4) is 5.75 Å². The lowest BCUT2D eigenvalue weighted by Gasteiger charge is -2.32. The van der Waals surface area contributed by atoms with Crippen LogP contribution in [-0.4, -0.2) is 24.9 Å². The van der Waals surface area contributed by atoms with Crippen molar-refractivity contribution in [3.05, 3.63) is 23.2 Å². The molecule has 3 nitrogen and oxygen atoms in total. The third-order valence-electron chi connectivity index (χ3n) is 4.19. The number of rotatable bonds is 5. The fourth-order valence-electron chi connectivity index (χ4n) is 2.12. The Bertz CT molecular complexity index is 486. The first-order valence-corrected chi connectivity index (χ1v) is 7.92. The molecule has 21 heavy (non-hydrogen) atoms. The Morgan fingerprint density at radius 3 is 2.29 bits per heavy atom. The van der Waals surface area contributed by atoms with Crippen LogP contribution in [0.1, 0.15) is 47.5 Å². The molecule has 0 N–H and O–H groups in total. The maximum Gasteiger partial charge on any atom is 0.495 e. The number of unbranched alkanes of at least 4 members (excludes halogenated alkanes) is 1. The molecule has 0 amide bonds. The second-order valence-electron chi connectivity index (χ2n) is 6.51. The van der Waals surface area contributed by atoms with E-state index in [1.54, 1.807) is 0 Å². The van der Waals surface area contributed by atoms with Crippen molar-refractivity contribution in [3.63, 3.8) is 0 Å². The van der Waals surface area contributed by atoms with Crippen molar-refractivity contribution in [2.45, 2.75) is 58.7 Å². The molecule has 0 atom stereocenters. The van der Waals surface area contributed by atoms with Crippen LogP contribution in [0.2, 0.25) is 5.02 Å². The quantitative estimate of drug-likeness (QED) is 0.611. The zero-order chi connectivity index (χ0) is 15.7. The molecular formula is C16H24BClO3. The Labute approximate surface area is 133 Å². The van der Waals surface area contributed by atoms with E-state index in [1.807, 2.05) is 45.9 Å². The summed E-state index contributed by atoms with van der Waals surface area (Å²) < 4.78 is 17.8. The lowest BCUT2D eigenvalue weighted by Crippen LogP contribution is -2.41. The molecule has 1 aliphatic heterocycles. The van der Waals surface area contributed by atoms with Gasteiger partial charge in [-0.1, -0.05) is 24.9 Å². The standard InChI is InChI=1S/C16H24BClO3/c1-6-7-8-19-14-10-12(9-13(18)11-14)17-20-15(2,3)16(4,5)21-17/h9-11H,6-8H2,1-5H3. The zero-order valence-corrected chi connectivity index (χ0v) is 14.3. The van der Waals surface area contributed by atoms with E-state index in [2.05, 4.69) is 6.92 Å². The Morgan fingerprint density at radius 1 is 1.10 bits per heavy atom. The van der Waals surface area contributed by atoms with Gasteiger partial charge in [-0.15, -0.1) is 0 Å². The number of hydrogen-bond acceptors (Lipinski definition) is 3. The van der Waals surface area contributed by atoms with Gasteiger partial charge in [0.25, 0.3) is 0 Å². The number of benzene rings is 1. The van der Waals surface area contributed by atoms with Gasteiger partial charge >= 0.3 is 7.12 Å². The van der Waals surface area contributed by atoms with Crippen LogP contribution in [0, 0.1) is 0 Å². The van der Waals surface area contributed by atoms with Crippen LogP contribution >= 0.6 is 11.6 Å². The minimum absolute atomic E-state index is 0.358. The first kappa shape index (κ1) is 16.7. The normalized spacial score (nSPS) is 19.8. The second-order valence-corrected chi connectivity index (χ2v) is 6.95. The molecule has 0 radical (unpaired) electrons. The summed E-state index contributed by atoms with van der Waals surface area (Å²) in [6, 6.07) is 5.64. The molecule has 0 aromatic heterocycles. The summed E-state index contributed by atoms with van der Waals surface area (Å²) in [6.45, 7) is 11.0. The fraction of sp³-hybridized carbons (Fsp3) is 0.625. The van der Waals surface area contributed by atoms with Crippen LogP contribution in [0.3, 0.4) is 0 Å². The van der Waals surface area contributed by atoms with E-state index in [0.29, 0.717) is 11.6 Å². The SMILES string of the molecule is CCCCOc1cc(Cl)cc(B2OC(C)(C)C(C)(C)O2)c1. The van der Waals surface area contributed by atoms with Gasteiger partial charge in [0.1, 0.15) is 5.75 Å². The average molecular weight is 311 g/mol. The third-order valence-corrected chi connectivity index (χ3v) is 4.40. The van der Waals surface area contributed by atoms with E-state index in [9.17, 15) is 0 Å². The molecular weight excluding hydrogens is 286 g/mol. The maximum atomic E-state index is 6.19. The first-order chi connectivity index (χ1) is 9.75.